The van der Waals surface area contributed by atoms with Crippen LogP contribution in [0.25, 0.3) is 0 Å². The van der Waals surface area contributed by atoms with Gasteiger partial charge in [-0.3, -0.25) is 4.21 Å². The van der Waals surface area contributed by atoms with E-state index < -0.39 is 10.8 Å². The third-order valence-corrected chi connectivity index (χ3v) is 3.71. The summed E-state index contributed by atoms with van der Waals surface area (Å²) in [5.74, 6) is 0. The first kappa shape index (κ1) is 9.20. The van der Waals surface area contributed by atoms with Crippen molar-refractivity contribution in [3.05, 3.63) is 0 Å². The van der Waals surface area contributed by atoms with Crippen LogP contribution in [0.4, 0.5) is 0 Å². The lowest BCUT2D eigenvalue weighted by Gasteiger charge is -2.09. The molecule has 0 spiro atoms. The molecule has 1 saturated carbocycles. The Morgan fingerprint density at radius 2 is 2.27 bits per heavy atom. The van der Waals surface area contributed by atoms with Gasteiger partial charge in [-0.25, -0.2) is 0 Å². The molecule has 1 fully saturated rings. The summed E-state index contributed by atoms with van der Waals surface area (Å²) in [6.07, 6.45) is 5.27. The maximum atomic E-state index is 11.1. The normalized spacial score (nSPS) is 34.0. The monoisotopic (exact) mass is 175 g/mol. The van der Waals surface area contributed by atoms with Crippen LogP contribution in [0.15, 0.2) is 0 Å². The van der Waals surface area contributed by atoms with Crippen LogP contribution in [0.1, 0.15) is 26.2 Å². The van der Waals surface area contributed by atoms with E-state index in [0.717, 1.165) is 19.4 Å². The minimum Gasteiger partial charge on any atom is -0.314 e. The van der Waals surface area contributed by atoms with E-state index in [-0.39, 0.29) is 0 Å². The smallest absolute Gasteiger partial charge is 0.0360 e. The molecule has 3 heteroatoms. The molecule has 0 amide bonds. The lowest BCUT2D eigenvalue weighted by molar-refractivity contribution is 0.542. The fraction of sp³-hybridized carbons (Fsp3) is 1.00. The Kier molecular flexibility index (Phi) is 3.52. The SMILES string of the molecule is CCNC1CCC(S(C)=O)C1. The van der Waals surface area contributed by atoms with Crippen molar-refractivity contribution >= 4 is 10.8 Å². The second kappa shape index (κ2) is 4.21. The third kappa shape index (κ3) is 2.56. The molecule has 0 radical (unpaired) electrons. The summed E-state index contributed by atoms with van der Waals surface area (Å²) in [5, 5.41) is 3.85. The van der Waals surface area contributed by atoms with Crippen molar-refractivity contribution in [1.82, 2.24) is 5.32 Å². The summed E-state index contributed by atoms with van der Waals surface area (Å²) in [6, 6.07) is 0.633. The van der Waals surface area contributed by atoms with Crippen LogP contribution in [-0.2, 0) is 10.8 Å². The fourth-order valence-corrected chi connectivity index (χ4v) is 2.69. The average molecular weight is 175 g/mol. The Morgan fingerprint density at radius 3 is 2.73 bits per heavy atom. The molecule has 1 N–H and O–H groups in total. The van der Waals surface area contributed by atoms with Gasteiger partial charge in [0, 0.05) is 28.3 Å². The second-order valence-electron chi connectivity index (χ2n) is 3.19. The predicted molar refractivity (Wildman–Crippen MR) is 49.2 cm³/mol. The molecule has 3 unspecified atom stereocenters. The van der Waals surface area contributed by atoms with Crippen LogP contribution in [0.5, 0.6) is 0 Å². The molecule has 0 aromatic rings. The zero-order chi connectivity index (χ0) is 8.27. The molecule has 0 bridgehead atoms. The molecule has 1 aliphatic rings. The summed E-state index contributed by atoms with van der Waals surface area (Å²) >= 11 is 0. The highest BCUT2D eigenvalue weighted by Crippen LogP contribution is 2.22. The second-order valence-corrected chi connectivity index (χ2v) is 4.85. The Balaban J connectivity index is 2.29. The van der Waals surface area contributed by atoms with Gasteiger partial charge in [0.1, 0.15) is 0 Å². The van der Waals surface area contributed by atoms with Crippen LogP contribution < -0.4 is 5.32 Å². The Hall–Kier alpha value is 0.110. The molecule has 0 aromatic carbocycles. The molecule has 0 heterocycles. The van der Waals surface area contributed by atoms with Crippen molar-refractivity contribution in [3.63, 3.8) is 0 Å². The zero-order valence-corrected chi connectivity index (χ0v) is 8.12. The van der Waals surface area contributed by atoms with E-state index in [9.17, 15) is 4.21 Å². The average Bonchev–Trinajstić information content (AvgIpc) is 2.37. The summed E-state index contributed by atoms with van der Waals surface area (Å²) in [5.41, 5.74) is 0. The van der Waals surface area contributed by atoms with Gasteiger partial charge in [-0.15, -0.1) is 0 Å². The first-order chi connectivity index (χ1) is 5.24. The maximum Gasteiger partial charge on any atom is 0.0360 e. The van der Waals surface area contributed by atoms with Gasteiger partial charge < -0.3 is 5.32 Å². The zero-order valence-electron chi connectivity index (χ0n) is 7.30. The molecule has 66 valence electrons. The Labute approximate surface area is 71.2 Å². The highest BCUT2D eigenvalue weighted by Gasteiger charge is 2.25. The van der Waals surface area contributed by atoms with E-state index in [1.54, 1.807) is 0 Å². The molecule has 1 aliphatic carbocycles. The Bertz CT molecular complexity index is 149. The van der Waals surface area contributed by atoms with E-state index in [4.69, 9.17) is 0 Å². The Morgan fingerprint density at radius 1 is 1.55 bits per heavy atom. The highest BCUT2D eigenvalue weighted by atomic mass is 32.2. The first-order valence-electron chi connectivity index (χ1n) is 4.29. The van der Waals surface area contributed by atoms with Gasteiger partial charge >= 0.3 is 0 Å². The first-order valence-corrected chi connectivity index (χ1v) is 5.91. The van der Waals surface area contributed by atoms with Crippen LogP contribution in [0.3, 0.4) is 0 Å². The van der Waals surface area contributed by atoms with Gasteiger partial charge in [0.15, 0.2) is 0 Å². The van der Waals surface area contributed by atoms with Gasteiger partial charge in [0.05, 0.1) is 0 Å². The largest absolute Gasteiger partial charge is 0.314 e. The topological polar surface area (TPSA) is 29.1 Å². The summed E-state index contributed by atoms with van der Waals surface area (Å²) in [6.45, 7) is 3.16. The van der Waals surface area contributed by atoms with Gasteiger partial charge in [-0.2, -0.15) is 0 Å². The van der Waals surface area contributed by atoms with Crippen molar-refractivity contribution in [2.45, 2.75) is 37.5 Å². The van der Waals surface area contributed by atoms with Crippen molar-refractivity contribution < 1.29 is 4.21 Å². The standard InChI is InChI=1S/C8H17NOS/c1-3-9-7-4-5-8(6-7)11(2)10/h7-9H,3-6H2,1-2H3. The van der Waals surface area contributed by atoms with Crippen LogP contribution in [-0.4, -0.2) is 28.3 Å². The molecule has 0 aliphatic heterocycles. The third-order valence-electron chi connectivity index (χ3n) is 2.35. The van der Waals surface area contributed by atoms with E-state index >= 15 is 0 Å². The van der Waals surface area contributed by atoms with E-state index in [1.807, 2.05) is 6.26 Å². The fourth-order valence-electron chi connectivity index (χ4n) is 1.72. The van der Waals surface area contributed by atoms with Crippen LogP contribution >= 0.6 is 0 Å². The number of hydrogen-bond acceptors (Lipinski definition) is 2. The lowest BCUT2D eigenvalue weighted by Crippen LogP contribution is -2.26. The molecule has 2 nitrogen and oxygen atoms in total. The molecule has 0 saturated heterocycles. The van der Waals surface area contributed by atoms with Crippen LogP contribution in [0, 0.1) is 0 Å². The van der Waals surface area contributed by atoms with E-state index in [1.165, 1.54) is 6.42 Å². The predicted octanol–water partition coefficient (Wildman–Crippen LogP) is 0.895. The van der Waals surface area contributed by atoms with Gasteiger partial charge in [-0.05, 0) is 25.8 Å². The van der Waals surface area contributed by atoms with Crippen molar-refractivity contribution in [3.8, 4) is 0 Å². The van der Waals surface area contributed by atoms with Crippen molar-refractivity contribution in [2.75, 3.05) is 12.8 Å². The van der Waals surface area contributed by atoms with Gasteiger partial charge in [0.25, 0.3) is 0 Å². The molecule has 1 rings (SSSR count). The summed E-state index contributed by atoms with van der Waals surface area (Å²) in [4.78, 5) is 0. The van der Waals surface area contributed by atoms with Crippen molar-refractivity contribution in [2.24, 2.45) is 0 Å². The number of rotatable bonds is 3. The quantitative estimate of drug-likeness (QED) is 0.690. The number of hydrogen-bond donors (Lipinski definition) is 1. The number of nitrogens with one attached hydrogen (secondary N) is 1. The molecular weight excluding hydrogens is 158 g/mol. The van der Waals surface area contributed by atoms with Crippen molar-refractivity contribution in [1.29, 1.82) is 0 Å². The minimum absolute atomic E-state index is 0.457. The van der Waals surface area contributed by atoms with E-state index in [2.05, 4.69) is 12.2 Å². The molecule has 3 atom stereocenters. The molecule has 11 heavy (non-hydrogen) atoms. The van der Waals surface area contributed by atoms with Gasteiger partial charge in [-0.1, -0.05) is 6.92 Å². The molecular formula is C8H17NOS. The summed E-state index contributed by atoms with van der Waals surface area (Å²) in [7, 11) is -0.605. The van der Waals surface area contributed by atoms with Gasteiger partial charge in [0.2, 0.25) is 0 Å². The van der Waals surface area contributed by atoms with Crippen LogP contribution in [0.2, 0.25) is 0 Å². The summed E-state index contributed by atoms with van der Waals surface area (Å²) < 4.78 is 11.1. The lowest BCUT2D eigenvalue weighted by atomic mass is 10.2. The molecule has 0 aromatic heterocycles. The maximum absolute atomic E-state index is 11.1. The van der Waals surface area contributed by atoms with E-state index in [0.29, 0.717) is 11.3 Å². The minimum atomic E-state index is -0.605. The highest BCUT2D eigenvalue weighted by molar-refractivity contribution is 7.84.